The van der Waals surface area contributed by atoms with Crippen molar-refractivity contribution in [3.05, 3.63) is 12.2 Å². The summed E-state index contributed by atoms with van der Waals surface area (Å²) in [6, 6.07) is 0. The van der Waals surface area contributed by atoms with Crippen molar-refractivity contribution in [3.8, 4) is 0 Å². The molecule has 0 spiro atoms. The Balaban J connectivity index is 0. The molecule has 0 saturated carbocycles. The molecule has 0 aromatic heterocycles. The average molecular weight is 110 g/mol. The highest BCUT2D eigenvalue weighted by Gasteiger charge is 1.76. The average Bonchev–Trinajstić information content (AvgIpc) is 1.35. The second kappa shape index (κ2) is 5.98. The van der Waals surface area contributed by atoms with Gasteiger partial charge in [0.25, 0.3) is 0 Å². The SMILES string of the molecule is C/C=C/C(=O)O.[Mg]. The van der Waals surface area contributed by atoms with Gasteiger partial charge in [-0.2, -0.15) is 0 Å². The van der Waals surface area contributed by atoms with E-state index in [1.165, 1.54) is 6.08 Å². The lowest BCUT2D eigenvalue weighted by molar-refractivity contribution is -0.131. The number of aliphatic carboxylic acids is 1. The van der Waals surface area contributed by atoms with Crippen molar-refractivity contribution in [3.63, 3.8) is 0 Å². The van der Waals surface area contributed by atoms with Crippen LogP contribution in [-0.2, 0) is 4.79 Å². The topological polar surface area (TPSA) is 37.3 Å². The van der Waals surface area contributed by atoms with Crippen LogP contribution in [0, 0.1) is 0 Å². The highest BCUT2D eigenvalue weighted by molar-refractivity contribution is 5.79. The maximum absolute atomic E-state index is 9.51. The Morgan fingerprint density at radius 2 is 2.14 bits per heavy atom. The molecular weight excluding hydrogens is 104 g/mol. The van der Waals surface area contributed by atoms with Crippen molar-refractivity contribution in [2.45, 2.75) is 6.92 Å². The van der Waals surface area contributed by atoms with Crippen molar-refractivity contribution < 1.29 is 9.90 Å². The number of hydrogen-bond donors (Lipinski definition) is 1. The number of hydrogen-bond acceptors (Lipinski definition) is 1. The second-order valence-electron chi connectivity index (χ2n) is 0.838. The normalized spacial score (nSPS) is 8.14. The molecule has 0 amide bonds. The molecule has 3 heteroatoms. The smallest absolute Gasteiger partial charge is 0.327 e. The first-order valence-electron chi connectivity index (χ1n) is 1.63. The van der Waals surface area contributed by atoms with Gasteiger partial charge in [0.2, 0.25) is 0 Å². The van der Waals surface area contributed by atoms with Crippen LogP contribution < -0.4 is 0 Å². The maximum Gasteiger partial charge on any atom is 0.327 e. The number of rotatable bonds is 1. The molecule has 7 heavy (non-hydrogen) atoms. The van der Waals surface area contributed by atoms with E-state index in [1.54, 1.807) is 6.92 Å². The quantitative estimate of drug-likeness (QED) is 0.388. The largest absolute Gasteiger partial charge is 0.478 e. The zero-order valence-corrected chi connectivity index (χ0v) is 5.63. The Bertz CT molecular complexity index is 77.8. The summed E-state index contributed by atoms with van der Waals surface area (Å²) in [7, 11) is 0. The zero-order valence-electron chi connectivity index (χ0n) is 4.22. The van der Waals surface area contributed by atoms with Gasteiger partial charge in [0.05, 0.1) is 0 Å². The van der Waals surface area contributed by atoms with E-state index in [-0.39, 0.29) is 23.1 Å². The van der Waals surface area contributed by atoms with Gasteiger partial charge in [-0.05, 0) is 6.92 Å². The molecule has 0 fully saturated rings. The van der Waals surface area contributed by atoms with Crippen LogP contribution in [0.4, 0.5) is 0 Å². The minimum Gasteiger partial charge on any atom is -0.478 e. The van der Waals surface area contributed by atoms with Crippen LogP contribution in [0.1, 0.15) is 6.92 Å². The summed E-state index contributed by atoms with van der Waals surface area (Å²) in [5.74, 6) is -0.891. The van der Waals surface area contributed by atoms with E-state index >= 15 is 0 Å². The minimum atomic E-state index is -0.891. The number of carboxylic acid groups (broad SMARTS) is 1. The van der Waals surface area contributed by atoms with Crippen molar-refractivity contribution >= 4 is 29.0 Å². The Morgan fingerprint density at radius 3 is 2.14 bits per heavy atom. The summed E-state index contributed by atoms with van der Waals surface area (Å²) in [6.07, 6.45) is 2.56. The van der Waals surface area contributed by atoms with Crippen LogP contribution in [-0.4, -0.2) is 34.1 Å². The number of allylic oxidation sites excluding steroid dienone is 1. The molecule has 36 valence electrons. The zero-order chi connectivity index (χ0) is 4.99. The number of carboxylic acids is 1. The predicted molar refractivity (Wildman–Crippen MR) is 28.2 cm³/mol. The summed E-state index contributed by atoms with van der Waals surface area (Å²) in [6.45, 7) is 1.66. The standard InChI is InChI=1S/C4H6O2.Mg/c1-2-3-4(5)6;/h2-3H,1H3,(H,5,6);/b3-2+;. The van der Waals surface area contributed by atoms with Crippen molar-refractivity contribution in [1.82, 2.24) is 0 Å². The maximum atomic E-state index is 9.51. The Labute approximate surface area is 58.4 Å². The molecule has 0 rings (SSSR count). The van der Waals surface area contributed by atoms with Crippen LogP contribution in [0.5, 0.6) is 0 Å². The third-order valence-corrected chi connectivity index (χ3v) is 0.309. The van der Waals surface area contributed by atoms with E-state index in [4.69, 9.17) is 5.11 Å². The Hall–Kier alpha value is -0.0238. The van der Waals surface area contributed by atoms with E-state index < -0.39 is 5.97 Å². The molecule has 0 aromatic carbocycles. The van der Waals surface area contributed by atoms with Crippen LogP contribution in [0.2, 0.25) is 0 Å². The van der Waals surface area contributed by atoms with E-state index in [0.717, 1.165) is 6.08 Å². The lowest BCUT2D eigenvalue weighted by atomic mass is 10.5. The monoisotopic (exact) mass is 110 g/mol. The first-order chi connectivity index (χ1) is 2.77. The molecule has 0 aliphatic carbocycles. The third kappa shape index (κ3) is 10.7. The second-order valence-corrected chi connectivity index (χ2v) is 0.838. The van der Waals surface area contributed by atoms with Crippen LogP contribution in [0.25, 0.3) is 0 Å². The number of carbonyl (C=O) groups is 1. The van der Waals surface area contributed by atoms with Crippen molar-refractivity contribution in [2.75, 3.05) is 0 Å². The van der Waals surface area contributed by atoms with Gasteiger partial charge in [-0.3, -0.25) is 0 Å². The van der Waals surface area contributed by atoms with Crippen molar-refractivity contribution in [2.24, 2.45) is 0 Å². The molecule has 0 aromatic rings. The fourth-order valence-electron chi connectivity index (χ4n) is 0.143. The van der Waals surface area contributed by atoms with Gasteiger partial charge in [0.1, 0.15) is 0 Å². The van der Waals surface area contributed by atoms with Gasteiger partial charge in [-0.25, -0.2) is 4.79 Å². The highest BCUT2D eigenvalue weighted by Crippen LogP contribution is 1.65. The van der Waals surface area contributed by atoms with Gasteiger partial charge < -0.3 is 5.11 Å². The molecule has 2 radical (unpaired) electrons. The molecule has 0 heterocycles. The van der Waals surface area contributed by atoms with E-state index in [0.29, 0.717) is 0 Å². The Kier molecular flexibility index (Phi) is 8.59. The summed E-state index contributed by atoms with van der Waals surface area (Å²) in [4.78, 5) is 9.51. The molecule has 0 saturated heterocycles. The van der Waals surface area contributed by atoms with Gasteiger partial charge in [-0.15, -0.1) is 0 Å². The van der Waals surface area contributed by atoms with Crippen LogP contribution >= 0.6 is 0 Å². The molecule has 0 atom stereocenters. The van der Waals surface area contributed by atoms with E-state index in [2.05, 4.69) is 0 Å². The molecule has 0 aliphatic rings. The first-order valence-corrected chi connectivity index (χ1v) is 1.63. The first kappa shape index (κ1) is 10.1. The van der Waals surface area contributed by atoms with E-state index in [1.807, 2.05) is 0 Å². The summed E-state index contributed by atoms with van der Waals surface area (Å²) in [5, 5.41) is 7.83. The Morgan fingerprint density at radius 1 is 1.71 bits per heavy atom. The molecule has 0 bridgehead atoms. The lowest BCUT2D eigenvalue weighted by Gasteiger charge is -1.68. The predicted octanol–water partition coefficient (Wildman–Crippen LogP) is 0.266. The van der Waals surface area contributed by atoms with Gasteiger partial charge in [0, 0.05) is 29.1 Å². The summed E-state index contributed by atoms with van der Waals surface area (Å²) < 4.78 is 0. The van der Waals surface area contributed by atoms with Crippen molar-refractivity contribution in [1.29, 1.82) is 0 Å². The summed E-state index contributed by atoms with van der Waals surface area (Å²) >= 11 is 0. The van der Waals surface area contributed by atoms with Gasteiger partial charge >= 0.3 is 5.97 Å². The van der Waals surface area contributed by atoms with E-state index in [9.17, 15) is 4.79 Å². The molecule has 2 nitrogen and oxygen atoms in total. The van der Waals surface area contributed by atoms with Crippen LogP contribution in [0.3, 0.4) is 0 Å². The molecule has 0 aliphatic heterocycles. The third-order valence-electron chi connectivity index (χ3n) is 0.309. The molecule has 0 unspecified atom stereocenters. The lowest BCUT2D eigenvalue weighted by Crippen LogP contribution is -1.83. The van der Waals surface area contributed by atoms with Crippen LogP contribution in [0.15, 0.2) is 12.2 Å². The molecule has 1 N–H and O–H groups in total. The highest BCUT2D eigenvalue weighted by atomic mass is 24.3. The summed E-state index contributed by atoms with van der Waals surface area (Å²) in [5.41, 5.74) is 0. The van der Waals surface area contributed by atoms with Gasteiger partial charge in [-0.1, -0.05) is 6.08 Å². The van der Waals surface area contributed by atoms with Gasteiger partial charge in [0.15, 0.2) is 0 Å². The fourth-order valence-corrected chi connectivity index (χ4v) is 0.143. The fraction of sp³-hybridized carbons (Fsp3) is 0.250. The minimum absolute atomic E-state index is 0. The molecular formula is C4H6MgO2.